The van der Waals surface area contributed by atoms with E-state index >= 15 is 0 Å². The van der Waals surface area contributed by atoms with Gasteiger partial charge in [0.25, 0.3) is 0 Å². The number of carboxylic acids is 1. The van der Waals surface area contributed by atoms with Crippen molar-refractivity contribution < 1.29 is 9.90 Å². The third-order valence-corrected chi connectivity index (χ3v) is 3.49. The van der Waals surface area contributed by atoms with Gasteiger partial charge in [0.1, 0.15) is 0 Å². The topological polar surface area (TPSA) is 55.1 Å². The first-order valence-electron chi connectivity index (χ1n) is 7.06. The Labute approximate surface area is 128 Å². The van der Waals surface area contributed by atoms with Crippen molar-refractivity contribution >= 4 is 5.97 Å². The van der Waals surface area contributed by atoms with Gasteiger partial charge in [-0.1, -0.05) is 48.0 Å². The number of rotatable bonds is 4. The Bertz CT molecular complexity index is 790. The van der Waals surface area contributed by atoms with Crippen LogP contribution in [-0.2, 0) is 11.2 Å². The standard InChI is InChI=1S/C18H16N2O2/c1-13-7-9-15(10-8-13)20-12-16(14-5-3-2-4-6-14)17(19-20)11-18(21)22/h2-10,12H,11H2,1H3,(H,21,22). The Morgan fingerprint density at radius 1 is 1.09 bits per heavy atom. The van der Waals surface area contributed by atoms with Gasteiger partial charge in [-0.3, -0.25) is 4.79 Å². The van der Waals surface area contributed by atoms with E-state index in [9.17, 15) is 4.79 Å². The average molecular weight is 292 g/mol. The number of benzene rings is 2. The van der Waals surface area contributed by atoms with Gasteiger partial charge in [0.15, 0.2) is 0 Å². The van der Waals surface area contributed by atoms with Crippen molar-refractivity contribution in [3.63, 3.8) is 0 Å². The van der Waals surface area contributed by atoms with E-state index in [4.69, 9.17) is 5.11 Å². The van der Waals surface area contributed by atoms with E-state index in [0.29, 0.717) is 5.69 Å². The molecule has 0 aliphatic carbocycles. The normalized spacial score (nSPS) is 10.6. The van der Waals surface area contributed by atoms with Gasteiger partial charge in [-0.2, -0.15) is 5.10 Å². The van der Waals surface area contributed by atoms with Crippen LogP contribution in [0.15, 0.2) is 60.8 Å². The van der Waals surface area contributed by atoms with Gasteiger partial charge in [0.05, 0.1) is 17.8 Å². The predicted molar refractivity (Wildman–Crippen MR) is 85.1 cm³/mol. The van der Waals surface area contributed by atoms with Crippen LogP contribution in [0.2, 0.25) is 0 Å². The second-order valence-electron chi connectivity index (χ2n) is 5.21. The summed E-state index contributed by atoms with van der Waals surface area (Å²) in [6, 6.07) is 17.7. The Hall–Kier alpha value is -2.88. The van der Waals surface area contributed by atoms with Crippen molar-refractivity contribution in [2.24, 2.45) is 0 Å². The minimum atomic E-state index is -0.883. The Kier molecular flexibility index (Phi) is 3.74. The molecule has 0 amide bonds. The van der Waals surface area contributed by atoms with E-state index in [1.807, 2.05) is 67.7 Å². The molecule has 0 atom stereocenters. The molecule has 0 aliphatic rings. The van der Waals surface area contributed by atoms with Crippen LogP contribution >= 0.6 is 0 Å². The number of aromatic nitrogens is 2. The first-order valence-corrected chi connectivity index (χ1v) is 7.06. The summed E-state index contributed by atoms with van der Waals surface area (Å²) in [5.41, 5.74) is 4.48. The Morgan fingerprint density at radius 2 is 1.77 bits per heavy atom. The Balaban J connectivity index is 2.08. The molecule has 0 saturated heterocycles. The van der Waals surface area contributed by atoms with E-state index < -0.39 is 5.97 Å². The number of carbonyl (C=O) groups is 1. The van der Waals surface area contributed by atoms with Crippen molar-refractivity contribution in [3.8, 4) is 16.8 Å². The molecule has 110 valence electrons. The number of aliphatic carboxylic acids is 1. The zero-order valence-electron chi connectivity index (χ0n) is 12.2. The van der Waals surface area contributed by atoms with Crippen molar-refractivity contribution in [1.29, 1.82) is 0 Å². The van der Waals surface area contributed by atoms with E-state index in [2.05, 4.69) is 5.10 Å². The van der Waals surface area contributed by atoms with Crippen LogP contribution in [-0.4, -0.2) is 20.9 Å². The van der Waals surface area contributed by atoms with Crippen molar-refractivity contribution in [2.75, 3.05) is 0 Å². The molecule has 4 nitrogen and oxygen atoms in total. The van der Waals surface area contributed by atoms with Crippen LogP contribution in [0.4, 0.5) is 0 Å². The molecule has 0 saturated carbocycles. The van der Waals surface area contributed by atoms with Crippen molar-refractivity contribution in [3.05, 3.63) is 72.1 Å². The second kappa shape index (κ2) is 5.85. The SMILES string of the molecule is Cc1ccc(-n2cc(-c3ccccc3)c(CC(=O)O)n2)cc1. The first-order chi connectivity index (χ1) is 10.6. The molecule has 0 fully saturated rings. The van der Waals surface area contributed by atoms with Gasteiger partial charge in [-0.05, 0) is 24.6 Å². The van der Waals surface area contributed by atoms with Gasteiger partial charge in [0.2, 0.25) is 0 Å². The molecule has 3 aromatic rings. The molecule has 0 spiro atoms. The molecule has 3 rings (SSSR count). The molecule has 0 bridgehead atoms. The lowest BCUT2D eigenvalue weighted by Crippen LogP contribution is -2.03. The minimum Gasteiger partial charge on any atom is -0.481 e. The van der Waals surface area contributed by atoms with Gasteiger partial charge in [-0.25, -0.2) is 4.68 Å². The molecule has 22 heavy (non-hydrogen) atoms. The van der Waals surface area contributed by atoms with Crippen LogP contribution in [0.5, 0.6) is 0 Å². The predicted octanol–water partition coefficient (Wildman–Crippen LogP) is 3.47. The highest BCUT2D eigenvalue weighted by atomic mass is 16.4. The molecular formula is C18H16N2O2. The van der Waals surface area contributed by atoms with Crippen LogP contribution in [0, 0.1) is 6.92 Å². The summed E-state index contributed by atoms with van der Waals surface area (Å²) < 4.78 is 1.74. The molecule has 2 aromatic carbocycles. The highest BCUT2D eigenvalue weighted by molar-refractivity contribution is 5.75. The molecule has 1 heterocycles. The first kappa shape index (κ1) is 14.1. The van der Waals surface area contributed by atoms with Gasteiger partial charge in [-0.15, -0.1) is 0 Å². The van der Waals surface area contributed by atoms with E-state index in [-0.39, 0.29) is 6.42 Å². The van der Waals surface area contributed by atoms with Crippen molar-refractivity contribution in [1.82, 2.24) is 9.78 Å². The van der Waals surface area contributed by atoms with E-state index in [1.165, 1.54) is 5.56 Å². The number of carboxylic acid groups (broad SMARTS) is 1. The number of hydrogen-bond donors (Lipinski definition) is 1. The molecule has 0 aliphatic heterocycles. The average Bonchev–Trinajstić information content (AvgIpc) is 2.92. The summed E-state index contributed by atoms with van der Waals surface area (Å²) in [5, 5.41) is 13.6. The lowest BCUT2D eigenvalue weighted by Gasteiger charge is -2.01. The fourth-order valence-corrected chi connectivity index (χ4v) is 2.37. The fraction of sp³-hybridized carbons (Fsp3) is 0.111. The van der Waals surface area contributed by atoms with Crippen LogP contribution in [0.25, 0.3) is 16.8 Å². The minimum absolute atomic E-state index is 0.0942. The third kappa shape index (κ3) is 2.91. The van der Waals surface area contributed by atoms with Crippen LogP contribution < -0.4 is 0 Å². The number of hydrogen-bond acceptors (Lipinski definition) is 2. The maximum Gasteiger partial charge on any atom is 0.309 e. The molecule has 0 unspecified atom stereocenters. The lowest BCUT2D eigenvalue weighted by molar-refractivity contribution is -0.136. The smallest absolute Gasteiger partial charge is 0.309 e. The summed E-state index contributed by atoms with van der Waals surface area (Å²) in [4.78, 5) is 11.1. The zero-order chi connectivity index (χ0) is 15.5. The van der Waals surface area contributed by atoms with Crippen molar-refractivity contribution in [2.45, 2.75) is 13.3 Å². The monoisotopic (exact) mass is 292 g/mol. The summed E-state index contributed by atoms with van der Waals surface area (Å²) in [6.07, 6.45) is 1.79. The van der Waals surface area contributed by atoms with Crippen LogP contribution in [0.3, 0.4) is 0 Å². The maximum absolute atomic E-state index is 11.1. The summed E-state index contributed by atoms with van der Waals surface area (Å²) in [5.74, 6) is -0.883. The molecule has 1 aromatic heterocycles. The second-order valence-corrected chi connectivity index (χ2v) is 5.21. The fourth-order valence-electron chi connectivity index (χ4n) is 2.37. The van der Waals surface area contributed by atoms with Crippen LogP contribution in [0.1, 0.15) is 11.3 Å². The highest BCUT2D eigenvalue weighted by Crippen LogP contribution is 2.25. The van der Waals surface area contributed by atoms with Gasteiger partial charge in [0, 0.05) is 11.8 Å². The van der Waals surface area contributed by atoms with E-state index in [0.717, 1.165) is 16.8 Å². The summed E-state index contributed by atoms with van der Waals surface area (Å²) in [7, 11) is 0. The highest BCUT2D eigenvalue weighted by Gasteiger charge is 2.14. The number of aryl methyl sites for hydroxylation is 1. The zero-order valence-corrected chi connectivity index (χ0v) is 12.2. The maximum atomic E-state index is 11.1. The van der Waals surface area contributed by atoms with E-state index in [1.54, 1.807) is 4.68 Å². The van der Waals surface area contributed by atoms with Gasteiger partial charge >= 0.3 is 5.97 Å². The largest absolute Gasteiger partial charge is 0.481 e. The molecule has 4 heteroatoms. The lowest BCUT2D eigenvalue weighted by atomic mass is 10.1. The quantitative estimate of drug-likeness (QED) is 0.801. The molecule has 1 N–H and O–H groups in total. The Morgan fingerprint density at radius 3 is 2.41 bits per heavy atom. The molecular weight excluding hydrogens is 276 g/mol. The summed E-state index contributed by atoms with van der Waals surface area (Å²) in [6.45, 7) is 2.03. The third-order valence-electron chi connectivity index (χ3n) is 3.49. The van der Waals surface area contributed by atoms with Gasteiger partial charge < -0.3 is 5.11 Å². The summed E-state index contributed by atoms with van der Waals surface area (Å²) >= 11 is 0. The molecule has 0 radical (unpaired) electrons. The number of nitrogens with zero attached hydrogens (tertiary/aromatic N) is 2.